The fourth-order valence-electron chi connectivity index (χ4n) is 1.47. The molecule has 0 aromatic heterocycles. The first-order chi connectivity index (χ1) is 8.15. The van der Waals surface area contributed by atoms with Crippen LogP contribution in [0.3, 0.4) is 0 Å². The van der Waals surface area contributed by atoms with E-state index in [-0.39, 0.29) is 5.56 Å². The lowest BCUT2D eigenvalue weighted by atomic mass is 10.1. The molecule has 0 heterocycles. The van der Waals surface area contributed by atoms with E-state index >= 15 is 0 Å². The van der Waals surface area contributed by atoms with Gasteiger partial charge in [0.1, 0.15) is 5.82 Å². The number of carboxylic acid groups (broad SMARTS) is 1. The molecule has 3 nitrogen and oxygen atoms in total. The van der Waals surface area contributed by atoms with Crippen LogP contribution in [0, 0.1) is 5.82 Å². The van der Waals surface area contributed by atoms with Crippen LogP contribution in [0.5, 0.6) is 0 Å². The Kier molecular flexibility index (Phi) is 5.63. The van der Waals surface area contributed by atoms with Gasteiger partial charge in [0.2, 0.25) is 0 Å². The van der Waals surface area contributed by atoms with E-state index in [1.807, 2.05) is 0 Å². The molecule has 1 aromatic carbocycles. The van der Waals surface area contributed by atoms with E-state index in [1.54, 1.807) is 6.07 Å². The molecule has 0 amide bonds. The minimum Gasteiger partial charge on any atom is -0.478 e. The van der Waals surface area contributed by atoms with Gasteiger partial charge in [-0.3, -0.25) is 0 Å². The summed E-state index contributed by atoms with van der Waals surface area (Å²) in [4.78, 5) is 10.6. The molecular weight excluding hydrogens is 223 g/mol. The maximum Gasteiger partial charge on any atom is 0.338 e. The van der Waals surface area contributed by atoms with Crippen molar-refractivity contribution >= 4 is 5.97 Å². The zero-order valence-electron chi connectivity index (χ0n) is 9.91. The summed E-state index contributed by atoms with van der Waals surface area (Å²) in [6.07, 6.45) is 3.24. The summed E-state index contributed by atoms with van der Waals surface area (Å²) in [5.41, 5.74) is 0.351. The van der Waals surface area contributed by atoms with E-state index in [0.717, 1.165) is 19.3 Å². The summed E-state index contributed by atoms with van der Waals surface area (Å²) < 4.78 is 18.7. The van der Waals surface area contributed by atoms with Crippen molar-refractivity contribution in [2.75, 3.05) is 6.61 Å². The highest BCUT2D eigenvalue weighted by molar-refractivity contribution is 5.87. The zero-order valence-corrected chi connectivity index (χ0v) is 9.91. The van der Waals surface area contributed by atoms with Crippen molar-refractivity contribution in [3.63, 3.8) is 0 Å². The molecule has 4 heteroatoms. The Bertz CT molecular complexity index is 377. The van der Waals surface area contributed by atoms with E-state index in [1.165, 1.54) is 12.1 Å². The number of aromatic carboxylic acids is 1. The van der Waals surface area contributed by atoms with Crippen LogP contribution in [-0.2, 0) is 11.3 Å². The Morgan fingerprint density at radius 2 is 2.18 bits per heavy atom. The minimum atomic E-state index is -1.25. The van der Waals surface area contributed by atoms with Crippen LogP contribution in [0.15, 0.2) is 18.2 Å². The molecule has 0 saturated carbocycles. The third-order valence-corrected chi connectivity index (χ3v) is 2.42. The molecule has 1 N–H and O–H groups in total. The number of benzene rings is 1. The Morgan fingerprint density at radius 3 is 2.76 bits per heavy atom. The van der Waals surface area contributed by atoms with Crippen molar-refractivity contribution in [2.24, 2.45) is 0 Å². The first-order valence-corrected chi connectivity index (χ1v) is 5.74. The van der Waals surface area contributed by atoms with Crippen molar-refractivity contribution < 1.29 is 19.0 Å². The van der Waals surface area contributed by atoms with E-state index in [0.29, 0.717) is 18.8 Å². The number of carboxylic acids is 1. The number of carbonyl (C=O) groups is 1. The van der Waals surface area contributed by atoms with Gasteiger partial charge in [-0.2, -0.15) is 0 Å². The quantitative estimate of drug-likeness (QED) is 0.744. The maximum atomic E-state index is 13.3. The monoisotopic (exact) mass is 240 g/mol. The molecule has 0 spiro atoms. The normalized spacial score (nSPS) is 10.5. The van der Waals surface area contributed by atoms with Crippen LogP contribution in [0.1, 0.15) is 42.1 Å². The molecule has 0 radical (unpaired) electrons. The lowest BCUT2D eigenvalue weighted by Crippen LogP contribution is -2.02. The predicted molar refractivity (Wildman–Crippen MR) is 62.5 cm³/mol. The highest BCUT2D eigenvalue weighted by Crippen LogP contribution is 2.11. The largest absolute Gasteiger partial charge is 0.478 e. The summed E-state index contributed by atoms with van der Waals surface area (Å²) in [6.45, 7) is 3.08. The molecule has 0 unspecified atom stereocenters. The van der Waals surface area contributed by atoms with Crippen LogP contribution >= 0.6 is 0 Å². The van der Waals surface area contributed by atoms with Crippen molar-refractivity contribution in [3.05, 3.63) is 35.1 Å². The molecular formula is C13H17FO3. The molecule has 0 aliphatic heterocycles. The number of ether oxygens (including phenoxy) is 1. The summed E-state index contributed by atoms with van der Waals surface area (Å²) >= 11 is 0. The predicted octanol–water partition coefficient (Wildman–Crippen LogP) is 3.23. The highest BCUT2D eigenvalue weighted by Gasteiger charge is 2.10. The number of unbranched alkanes of at least 4 members (excludes halogenated alkanes) is 2. The second-order valence-corrected chi connectivity index (χ2v) is 3.88. The topological polar surface area (TPSA) is 46.5 Å². The molecule has 0 aliphatic carbocycles. The zero-order chi connectivity index (χ0) is 12.7. The van der Waals surface area contributed by atoms with Crippen LogP contribution < -0.4 is 0 Å². The van der Waals surface area contributed by atoms with Crippen LogP contribution in [0.25, 0.3) is 0 Å². The molecule has 0 atom stereocenters. The van der Waals surface area contributed by atoms with Crippen LogP contribution in [0.2, 0.25) is 0 Å². The molecule has 1 aromatic rings. The fraction of sp³-hybridized carbons (Fsp3) is 0.462. The van der Waals surface area contributed by atoms with Crippen LogP contribution in [-0.4, -0.2) is 17.7 Å². The third-order valence-electron chi connectivity index (χ3n) is 2.42. The molecule has 0 saturated heterocycles. The fourth-order valence-corrected chi connectivity index (χ4v) is 1.47. The van der Waals surface area contributed by atoms with Gasteiger partial charge in [-0.05, 0) is 24.1 Å². The average molecular weight is 240 g/mol. The molecule has 17 heavy (non-hydrogen) atoms. The van der Waals surface area contributed by atoms with Gasteiger partial charge in [-0.15, -0.1) is 0 Å². The van der Waals surface area contributed by atoms with Crippen molar-refractivity contribution in [3.8, 4) is 0 Å². The summed E-state index contributed by atoms with van der Waals surface area (Å²) in [6, 6.07) is 4.05. The Hall–Kier alpha value is -1.42. The number of hydrogen-bond acceptors (Lipinski definition) is 2. The van der Waals surface area contributed by atoms with Gasteiger partial charge in [-0.1, -0.05) is 25.8 Å². The van der Waals surface area contributed by atoms with Crippen molar-refractivity contribution in [1.82, 2.24) is 0 Å². The molecule has 1 rings (SSSR count). The van der Waals surface area contributed by atoms with E-state index in [9.17, 15) is 9.18 Å². The summed E-state index contributed by atoms with van der Waals surface area (Å²) in [5.74, 6) is -1.97. The first-order valence-electron chi connectivity index (χ1n) is 5.74. The lowest BCUT2D eigenvalue weighted by Gasteiger charge is -2.05. The average Bonchev–Trinajstić information content (AvgIpc) is 2.28. The van der Waals surface area contributed by atoms with Gasteiger partial charge in [0.05, 0.1) is 12.2 Å². The van der Waals surface area contributed by atoms with Crippen molar-refractivity contribution in [1.29, 1.82) is 0 Å². The van der Waals surface area contributed by atoms with Gasteiger partial charge >= 0.3 is 5.97 Å². The van der Waals surface area contributed by atoms with E-state index < -0.39 is 11.8 Å². The molecule has 0 aliphatic rings. The number of rotatable bonds is 7. The number of hydrogen-bond donors (Lipinski definition) is 1. The second-order valence-electron chi connectivity index (χ2n) is 3.88. The van der Waals surface area contributed by atoms with Gasteiger partial charge < -0.3 is 9.84 Å². The van der Waals surface area contributed by atoms with Gasteiger partial charge in [-0.25, -0.2) is 9.18 Å². The summed E-state index contributed by atoms with van der Waals surface area (Å²) in [5, 5.41) is 8.66. The van der Waals surface area contributed by atoms with Gasteiger partial charge in [0.25, 0.3) is 0 Å². The smallest absolute Gasteiger partial charge is 0.338 e. The van der Waals surface area contributed by atoms with Gasteiger partial charge in [0, 0.05) is 6.61 Å². The Labute approximate surface area is 100 Å². The van der Waals surface area contributed by atoms with E-state index in [2.05, 4.69) is 6.92 Å². The minimum absolute atomic E-state index is 0.306. The molecule has 94 valence electrons. The first kappa shape index (κ1) is 13.6. The highest BCUT2D eigenvalue weighted by atomic mass is 19.1. The maximum absolute atomic E-state index is 13.3. The van der Waals surface area contributed by atoms with Crippen molar-refractivity contribution in [2.45, 2.75) is 32.8 Å². The summed E-state index contributed by atoms with van der Waals surface area (Å²) in [7, 11) is 0. The lowest BCUT2D eigenvalue weighted by molar-refractivity contribution is 0.0691. The Morgan fingerprint density at radius 1 is 1.41 bits per heavy atom. The van der Waals surface area contributed by atoms with E-state index in [4.69, 9.17) is 9.84 Å². The third kappa shape index (κ3) is 4.53. The second kappa shape index (κ2) is 7.01. The number of halogens is 1. The molecule has 0 fully saturated rings. The Balaban J connectivity index is 2.45. The SMILES string of the molecule is CCCCCOCc1ccc(C(=O)O)c(F)c1. The van der Waals surface area contributed by atoms with Crippen LogP contribution in [0.4, 0.5) is 4.39 Å². The standard InChI is InChI=1S/C13H17FO3/c1-2-3-4-7-17-9-10-5-6-11(13(15)16)12(14)8-10/h5-6,8H,2-4,7,9H2,1H3,(H,15,16). The van der Waals surface area contributed by atoms with Gasteiger partial charge in [0.15, 0.2) is 0 Å². The molecule has 0 bridgehead atoms.